The van der Waals surface area contributed by atoms with Gasteiger partial charge in [-0.2, -0.15) is 0 Å². The zero-order valence-corrected chi connectivity index (χ0v) is 16.5. The van der Waals surface area contributed by atoms with Crippen molar-refractivity contribution in [3.8, 4) is 0 Å². The van der Waals surface area contributed by atoms with E-state index in [9.17, 15) is 14.4 Å². The van der Waals surface area contributed by atoms with E-state index in [-0.39, 0.29) is 24.0 Å². The molecule has 0 heterocycles. The molecule has 6 heteroatoms. The van der Waals surface area contributed by atoms with E-state index in [1.807, 2.05) is 13.8 Å². The van der Waals surface area contributed by atoms with E-state index >= 15 is 0 Å². The number of rotatable bonds is 7. The first-order chi connectivity index (χ1) is 11.9. The van der Waals surface area contributed by atoms with Gasteiger partial charge in [-0.1, -0.05) is 26.0 Å². The molecule has 0 aliphatic rings. The molecule has 1 aromatic rings. The quantitative estimate of drug-likeness (QED) is 0.725. The molecule has 0 saturated heterocycles. The SMILES string of the molecule is CC(C)C(NC(=O)[C@H](C)N)C(=O)Cc1ccc(C(=O)OC(C)(C)C)cc1. The summed E-state index contributed by atoms with van der Waals surface area (Å²) in [5.74, 6) is -0.901. The third-order valence-electron chi connectivity index (χ3n) is 3.69. The second-order valence-corrected chi connectivity index (χ2v) is 7.86. The van der Waals surface area contributed by atoms with Crippen LogP contribution in [0.4, 0.5) is 0 Å². The van der Waals surface area contributed by atoms with E-state index in [4.69, 9.17) is 10.5 Å². The van der Waals surface area contributed by atoms with Gasteiger partial charge < -0.3 is 15.8 Å². The first-order valence-corrected chi connectivity index (χ1v) is 8.81. The van der Waals surface area contributed by atoms with E-state index in [0.717, 1.165) is 5.56 Å². The van der Waals surface area contributed by atoms with Gasteiger partial charge in [0.2, 0.25) is 5.91 Å². The molecule has 144 valence electrons. The van der Waals surface area contributed by atoms with Crippen LogP contribution >= 0.6 is 0 Å². The van der Waals surface area contributed by atoms with Gasteiger partial charge in [-0.3, -0.25) is 9.59 Å². The fourth-order valence-electron chi connectivity index (χ4n) is 2.31. The predicted molar refractivity (Wildman–Crippen MR) is 101 cm³/mol. The van der Waals surface area contributed by atoms with Crippen molar-refractivity contribution in [1.29, 1.82) is 0 Å². The maximum Gasteiger partial charge on any atom is 0.338 e. The Labute approximate surface area is 155 Å². The lowest BCUT2D eigenvalue weighted by Gasteiger charge is -2.22. The zero-order chi connectivity index (χ0) is 20.1. The van der Waals surface area contributed by atoms with Gasteiger partial charge in [0.05, 0.1) is 17.6 Å². The Bertz CT molecular complexity index is 643. The second-order valence-electron chi connectivity index (χ2n) is 7.86. The van der Waals surface area contributed by atoms with Crippen LogP contribution in [0.1, 0.15) is 57.5 Å². The number of carbonyl (C=O) groups excluding carboxylic acids is 3. The van der Waals surface area contributed by atoms with Crippen LogP contribution < -0.4 is 11.1 Å². The molecule has 0 radical (unpaired) electrons. The molecule has 0 aliphatic carbocycles. The number of nitrogens with one attached hydrogen (secondary N) is 1. The van der Waals surface area contributed by atoms with E-state index in [0.29, 0.717) is 5.56 Å². The summed E-state index contributed by atoms with van der Waals surface area (Å²) in [7, 11) is 0. The average Bonchev–Trinajstić information content (AvgIpc) is 2.50. The summed E-state index contributed by atoms with van der Waals surface area (Å²) in [6, 6.07) is 5.46. The molecule has 0 fully saturated rings. The Morgan fingerprint density at radius 3 is 2.04 bits per heavy atom. The molecule has 2 atom stereocenters. The Morgan fingerprint density at radius 1 is 1.08 bits per heavy atom. The molecule has 6 nitrogen and oxygen atoms in total. The van der Waals surface area contributed by atoms with Gasteiger partial charge in [-0.05, 0) is 51.3 Å². The average molecular weight is 362 g/mol. The van der Waals surface area contributed by atoms with Crippen LogP contribution in [0, 0.1) is 5.92 Å². The number of hydrogen-bond acceptors (Lipinski definition) is 5. The number of nitrogens with two attached hydrogens (primary N) is 1. The van der Waals surface area contributed by atoms with E-state index in [2.05, 4.69) is 5.32 Å². The molecular formula is C20H30N2O4. The fraction of sp³-hybridized carbons (Fsp3) is 0.550. The third kappa shape index (κ3) is 6.96. The molecule has 26 heavy (non-hydrogen) atoms. The number of carbonyl (C=O) groups is 3. The summed E-state index contributed by atoms with van der Waals surface area (Å²) in [5, 5.41) is 2.70. The van der Waals surface area contributed by atoms with Crippen molar-refractivity contribution in [2.24, 2.45) is 11.7 Å². The maximum atomic E-state index is 12.6. The lowest BCUT2D eigenvalue weighted by molar-refractivity contribution is -0.129. The summed E-state index contributed by atoms with van der Waals surface area (Å²) in [5.41, 5.74) is 6.20. The van der Waals surface area contributed by atoms with Crippen LogP contribution in [0.5, 0.6) is 0 Å². The number of esters is 1. The predicted octanol–water partition coefficient (Wildman–Crippen LogP) is 2.24. The van der Waals surface area contributed by atoms with Gasteiger partial charge in [-0.15, -0.1) is 0 Å². The minimum absolute atomic E-state index is 0.0498. The highest BCUT2D eigenvalue weighted by Crippen LogP contribution is 2.14. The first-order valence-electron chi connectivity index (χ1n) is 8.81. The van der Waals surface area contributed by atoms with Crippen LogP contribution in [-0.2, 0) is 20.7 Å². The summed E-state index contributed by atoms with van der Waals surface area (Å²) < 4.78 is 5.32. The topological polar surface area (TPSA) is 98.5 Å². The number of Topliss-reactive ketones (excluding diaryl/α,β-unsaturated/α-hetero) is 1. The monoisotopic (exact) mass is 362 g/mol. The zero-order valence-electron chi connectivity index (χ0n) is 16.5. The first kappa shape index (κ1) is 21.8. The van der Waals surface area contributed by atoms with Crippen LogP contribution in [-0.4, -0.2) is 35.3 Å². The Morgan fingerprint density at radius 2 is 1.62 bits per heavy atom. The van der Waals surface area contributed by atoms with Crippen molar-refractivity contribution in [2.45, 2.75) is 65.6 Å². The van der Waals surface area contributed by atoms with Crippen molar-refractivity contribution in [1.82, 2.24) is 5.32 Å². The lowest BCUT2D eigenvalue weighted by atomic mass is 9.94. The van der Waals surface area contributed by atoms with Gasteiger partial charge >= 0.3 is 5.97 Å². The normalized spacial score (nSPS) is 13.8. The smallest absolute Gasteiger partial charge is 0.338 e. The van der Waals surface area contributed by atoms with Crippen LogP contribution in [0.15, 0.2) is 24.3 Å². The number of ether oxygens (including phenoxy) is 1. The highest BCUT2D eigenvalue weighted by atomic mass is 16.6. The molecule has 0 spiro atoms. The van der Waals surface area contributed by atoms with Gasteiger partial charge in [-0.25, -0.2) is 4.79 Å². The summed E-state index contributed by atoms with van der Waals surface area (Å²) in [6.45, 7) is 10.7. The molecule has 0 bridgehead atoms. The highest BCUT2D eigenvalue weighted by Gasteiger charge is 2.25. The van der Waals surface area contributed by atoms with E-state index in [1.54, 1.807) is 52.0 Å². The van der Waals surface area contributed by atoms with Gasteiger partial charge in [0.25, 0.3) is 0 Å². The van der Waals surface area contributed by atoms with Crippen molar-refractivity contribution < 1.29 is 19.1 Å². The molecule has 0 aromatic heterocycles. The number of amides is 1. The number of benzene rings is 1. The van der Waals surface area contributed by atoms with E-state index in [1.165, 1.54) is 0 Å². The van der Waals surface area contributed by atoms with Crippen molar-refractivity contribution in [3.05, 3.63) is 35.4 Å². The van der Waals surface area contributed by atoms with Gasteiger partial charge in [0.1, 0.15) is 5.60 Å². The minimum Gasteiger partial charge on any atom is -0.456 e. The Hall–Kier alpha value is -2.21. The molecule has 1 amide bonds. The van der Waals surface area contributed by atoms with Crippen LogP contribution in [0.2, 0.25) is 0 Å². The molecular weight excluding hydrogens is 332 g/mol. The summed E-state index contributed by atoms with van der Waals surface area (Å²) in [4.78, 5) is 36.4. The van der Waals surface area contributed by atoms with Crippen LogP contribution in [0.25, 0.3) is 0 Å². The van der Waals surface area contributed by atoms with Gasteiger partial charge in [0, 0.05) is 6.42 Å². The second kappa shape index (κ2) is 8.94. The van der Waals surface area contributed by atoms with E-state index < -0.39 is 23.7 Å². The van der Waals surface area contributed by atoms with Gasteiger partial charge in [0.15, 0.2) is 5.78 Å². The number of hydrogen-bond donors (Lipinski definition) is 2. The minimum atomic E-state index is -0.669. The van der Waals surface area contributed by atoms with Crippen LogP contribution in [0.3, 0.4) is 0 Å². The third-order valence-corrected chi connectivity index (χ3v) is 3.69. The number of ketones is 1. The standard InChI is InChI=1S/C20H30N2O4/c1-12(2)17(22-18(24)13(3)21)16(23)11-14-7-9-15(10-8-14)19(25)26-20(4,5)6/h7-10,12-13,17H,11,21H2,1-6H3,(H,22,24)/t13-,17?/m0/s1. The molecule has 1 aromatic carbocycles. The molecule has 1 unspecified atom stereocenters. The molecule has 0 aliphatic heterocycles. The Kier molecular flexibility index (Phi) is 7.51. The summed E-state index contributed by atoms with van der Waals surface area (Å²) in [6.07, 6.45) is 0.163. The van der Waals surface area contributed by atoms with Crippen molar-refractivity contribution in [3.63, 3.8) is 0 Å². The Balaban J connectivity index is 2.79. The van der Waals surface area contributed by atoms with Crippen molar-refractivity contribution >= 4 is 17.7 Å². The highest BCUT2D eigenvalue weighted by molar-refractivity contribution is 5.92. The maximum absolute atomic E-state index is 12.6. The molecule has 3 N–H and O–H groups in total. The summed E-state index contributed by atoms with van der Waals surface area (Å²) >= 11 is 0. The lowest BCUT2D eigenvalue weighted by Crippen LogP contribution is -2.50. The fourth-order valence-corrected chi connectivity index (χ4v) is 2.31. The molecule has 0 saturated carbocycles. The largest absolute Gasteiger partial charge is 0.456 e. The molecule has 1 rings (SSSR count). The van der Waals surface area contributed by atoms with Crippen molar-refractivity contribution in [2.75, 3.05) is 0 Å².